The van der Waals surface area contributed by atoms with Crippen molar-refractivity contribution in [3.05, 3.63) is 59.7 Å². The molecule has 0 aliphatic carbocycles. The Kier molecular flexibility index (Phi) is 4.35. The van der Waals surface area contributed by atoms with Crippen LogP contribution in [-0.2, 0) is 4.79 Å². The summed E-state index contributed by atoms with van der Waals surface area (Å²) >= 11 is 0. The minimum absolute atomic E-state index is 0.0582. The lowest BCUT2D eigenvalue weighted by Gasteiger charge is -2.16. The second kappa shape index (κ2) is 6.42. The van der Waals surface area contributed by atoms with Crippen LogP contribution in [0.5, 0.6) is 5.75 Å². The van der Waals surface area contributed by atoms with Crippen molar-refractivity contribution in [1.82, 2.24) is 0 Å². The Bertz CT molecular complexity index is 700. The largest absolute Gasteiger partial charge is 0.492 e. The standard InChI is InChI=1S/C19H22N2O2/c1-3-15-16-11-13(9-10-18(16)21(2)19(15)22)17(20)12-23-14-7-5-4-6-8-14/h4-11,15,17H,3,12,20H2,1-2H3. The van der Waals surface area contributed by atoms with Crippen LogP contribution in [0, 0.1) is 0 Å². The number of ether oxygens (including phenoxy) is 1. The van der Waals surface area contributed by atoms with Gasteiger partial charge in [0.15, 0.2) is 0 Å². The van der Waals surface area contributed by atoms with Gasteiger partial charge in [-0.15, -0.1) is 0 Å². The molecule has 1 aliphatic rings. The van der Waals surface area contributed by atoms with Crippen LogP contribution in [0.1, 0.15) is 36.4 Å². The van der Waals surface area contributed by atoms with Gasteiger partial charge in [-0.05, 0) is 35.7 Å². The molecule has 0 bridgehead atoms. The van der Waals surface area contributed by atoms with Crippen molar-refractivity contribution >= 4 is 11.6 Å². The van der Waals surface area contributed by atoms with Crippen molar-refractivity contribution in [3.8, 4) is 5.75 Å². The third-order valence-corrected chi connectivity index (χ3v) is 4.43. The van der Waals surface area contributed by atoms with Gasteiger partial charge < -0.3 is 15.4 Å². The summed E-state index contributed by atoms with van der Waals surface area (Å²) in [6, 6.07) is 15.5. The molecule has 0 radical (unpaired) electrons. The van der Waals surface area contributed by atoms with Gasteiger partial charge in [0.1, 0.15) is 12.4 Å². The maximum absolute atomic E-state index is 12.3. The zero-order chi connectivity index (χ0) is 16.4. The SMILES string of the molecule is CCC1C(=O)N(C)c2ccc(C(N)COc3ccccc3)cc21. The van der Waals surface area contributed by atoms with Gasteiger partial charge in [-0.3, -0.25) is 4.79 Å². The monoisotopic (exact) mass is 310 g/mol. The number of carbonyl (C=O) groups is 1. The molecule has 2 unspecified atom stereocenters. The highest BCUT2D eigenvalue weighted by atomic mass is 16.5. The summed E-state index contributed by atoms with van der Waals surface area (Å²) in [7, 11) is 1.83. The Balaban J connectivity index is 1.76. The number of nitrogens with two attached hydrogens (primary N) is 1. The van der Waals surface area contributed by atoms with Crippen LogP contribution in [0.25, 0.3) is 0 Å². The van der Waals surface area contributed by atoms with E-state index in [-0.39, 0.29) is 17.9 Å². The lowest BCUT2D eigenvalue weighted by atomic mass is 9.95. The first-order chi connectivity index (χ1) is 11.1. The molecular weight excluding hydrogens is 288 g/mol. The Labute approximate surface area is 136 Å². The van der Waals surface area contributed by atoms with E-state index in [1.807, 2.05) is 56.4 Å². The molecule has 4 nitrogen and oxygen atoms in total. The summed E-state index contributed by atoms with van der Waals surface area (Å²) in [6.07, 6.45) is 0.801. The fourth-order valence-corrected chi connectivity index (χ4v) is 3.07. The number of nitrogens with zero attached hydrogens (tertiary/aromatic N) is 1. The van der Waals surface area contributed by atoms with Crippen LogP contribution in [0.4, 0.5) is 5.69 Å². The Hall–Kier alpha value is -2.33. The van der Waals surface area contributed by atoms with E-state index in [0.29, 0.717) is 6.61 Å². The second-order valence-corrected chi connectivity index (χ2v) is 5.91. The lowest BCUT2D eigenvalue weighted by Crippen LogP contribution is -2.23. The van der Waals surface area contributed by atoms with Gasteiger partial charge >= 0.3 is 0 Å². The molecule has 0 spiro atoms. The van der Waals surface area contributed by atoms with Crippen molar-refractivity contribution < 1.29 is 9.53 Å². The molecule has 3 rings (SSSR count). The zero-order valence-corrected chi connectivity index (χ0v) is 13.5. The Morgan fingerprint density at radius 1 is 1.22 bits per heavy atom. The predicted molar refractivity (Wildman–Crippen MR) is 91.7 cm³/mol. The van der Waals surface area contributed by atoms with Crippen molar-refractivity contribution in [1.29, 1.82) is 0 Å². The molecule has 0 saturated heterocycles. The van der Waals surface area contributed by atoms with Crippen LogP contribution in [0.2, 0.25) is 0 Å². The van der Waals surface area contributed by atoms with Gasteiger partial charge in [0.05, 0.1) is 12.0 Å². The number of carbonyl (C=O) groups excluding carboxylic acids is 1. The topological polar surface area (TPSA) is 55.6 Å². The number of anilines is 1. The molecule has 2 aromatic carbocycles. The first kappa shape index (κ1) is 15.6. The third-order valence-electron chi connectivity index (χ3n) is 4.43. The van der Waals surface area contributed by atoms with Crippen molar-refractivity contribution in [2.75, 3.05) is 18.6 Å². The maximum Gasteiger partial charge on any atom is 0.234 e. The molecule has 1 heterocycles. The Morgan fingerprint density at radius 2 is 1.96 bits per heavy atom. The van der Waals surface area contributed by atoms with Crippen molar-refractivity contribution in [2.45, 2.75) is 25.3 Å². The molecular formula is C19H22N2O2. The molecule has 0 fully saturated rings. The Morgan fingerprint density at radius 3 is 2.65 bits per heavy atom. The van der Waals surface area contributed by atoms with Crippen molar-refractivity contribution in [3.63, 3.8) is 0 Å². The number of benzene rings is 2. The van der Waals surface area contributed by atoms with Gasteiger partial charge in [-0.2, -0.15) is 0 Å². The number of hydrogen-bond donors (Lipinski definition) is 1. The molecule has 2 atom stereocenters. The van der Waals surface area contributed by atoms with Crippen LogP contribution in [0.3, 0.4) is 0 Å². The smallest absolute Gasteiger partial charge is 0.234 e. The second-order valence-electron chi connectivity index (χ2n) is 5.91. The fraction of sp³-hybridized carbons (Fsp3) is 0.316. The maximum atomic E-state index is 12.3. The van der Waals surface area contributed by atoms with Crippen molar-refractivity contribution in [2.24, 2.45) is 5.73 Å². The summed E-state index contributed by atoms with van der Waals surface area (Å²) in [5.74, 6) is 0.913. The summed E-state index contributed by atoms with van der Waals surface area (Å²) in [5, 5.41) is 0. The van der Waals surface area contributed by atoms with E-state index in [1.165, 1.54) is 0 Å². The van der Waals surface area contributed by atoms with E-state index < -0.39 is 0 Å². The summed E-state index contributed by atoms with van der Waals surface area (Å²) < 4.78 is 5.73. The first-order valence-corrected chi connectivity index (χ1v) is 7.96. The van der Waals surface area contributed by atoms with Crippen LogP contribution in [-0.4, -0.2) is 19.6 Å². The quantitative estimate of drug-likeness (QED) is 0.922. The molecule has 4 heteroatoms. The minimum atomic E-state index is -0.223. The first-order valence-electron chi connectivity index (χ1n) is 7.96. The number of likely N-dealkylation sites (N-methyl/N-ethyl adjacent to an activating group) is 1. The fourth-order valence-electron chi connectivity index (χ4n) is 3.07. The predicted octanol–water partition coefficient (Wildman–Crippen LogP) is 3.24. The highest BCUT2D eigenvalue weighted by Gasteiger charge is 2.34. The zero-order valence-electron chi connectivity index (χ0n) is 13.5. The number of hydrogen-bond acceptors (Lipinski definition) is 3. The molecule has 23 heavy (non-hydrogen) atoms. The normalized spacial score (nSPS) is 18.0. The van der Waals surface area contributed by atoms with Gasteiger partial charge in [0.25, 0.3) is 0 Å². The van der Waals surface area contributed by atoms with E-state index in [9.17, 15) is 4.79 Å². The summed E-state index contributed by atoms with van der Waals surface area (Å²) in [4.78, 5) is 14.0. The van der Waals surface area contributed by atoms with Gasteiger partial charge in [-0.1, -0.05) is 37.3 Å². The average Bonchev–Trinajstić information content (AvgIpc) is 2.83. The lowest BCUT2D eigenvalue weighted by molar-refractivity contribution is -0.119. The highest BCUT2D eigenvalue weighted by molar-refractivity contribution is 6.04. The highest BCUT2D eigenvalue weighted by Crippen LogP contribution is 2.39. The number of rotatable bonds is 5. The molecule has 2 N–H and O–H groups in total. The molecule has 0 aromatic heterocycles. The van der Waals surface area contributed by atoms with Crippen LogP contribution < -0.4 is 15.4 Å². The van der Waals surface area contributed by atoms with E-state index >= 15 is 0 Å². The van der Waals surface area contributed by atoms with Gasteiger partial charge in [0, 0.05) is 12.7 Å². The number of para-hydroxylation sites is 1. The van der Waals surface area contributed by atoms with E-state index in [4.69, 9.17) is 10.5 Å². The minimum Gasteiger partial charge on any atom is -0.492 e. The summed E-state index contributed by atoms with van der Waals surface area (Å²) in [6.45, 7) is 2.44. The van der Waals surface area contributed by atoms with Crippen LogP contribution >= 0.6 is 0 Å². The average molecular weight is 310 g/mol. The number of amides is 1. The van der Waals surface area contributed by atoms with E-state index in [2.05, 4.69) is 6.07 Å². The summed E-state index contributed by atoms with van der Waals surface area (Å²) in [5.41, 5.74) is 9.34. The molecule has 0 saturated carbocycles. The van der Waals surface area contributed by atoms with Gasteiger partial charge in [0.2, 0.25) is 5.91 Å². The molecule has 1 amide bonds. The van der Waals surface area contributed by atoms with E-state index in [0.717, 1.165) is 29.0 Å². The van der Waals surface area contributed by atoms with Crippen LogP contribution in [0.15, 0.2) is 48.5 Å². The van der Waals surface area contributed by atoms with Gasteiger partial charge in [-0.25, -0.2) is 0 Å². The molecule has 2 aromatic rings. The van der Waals surface area contributed by atoms with E-state index in [1.54, 1.807) is 4.90 Å². The number of fused-ring (bicyclic) bond motifs is 1. The third kappa shape index (κ3) is 2.94. The molecule has 1 aliphatic heterocycles. The molecule has 120 valence electrons.